The highest BCUT2D eigenvalue weighted by atomic mass is 16.5. The van der Waals surface area contributed by atoms with Gasteiger partial charge in [-0.2, -0.15) is 0 Å². The number of ether oxygens (including phenoxy) is 1. The lowest BCUT2D eigenvalue weighted by molar-refractivity contribution is -0.135. The second-order valence-electron chi connectivity index (χ2n) is 8.24. The number of rotatable bonds is 7. The number of aromatic nitrogens is 1. The van der Waals surface area contributed by atoms with Gasteiger partial charge in [0, 0.05) is 62.8 Å². The minimum Gasteiger partial charge on any atom is -0.378 e. The summed E-state index contributed by atoms with van der Waals surface area (Å²) >= 11 is 0. The smallest absolute Gasteiger partial charge is 0.245 e. The van der Waals surface area contributed by atoms with Crippen molar-refractivity contribution in [2.24, 2.45) is 0 Å². The number of H-pyrrole nitrogens is 1. The van der Waals surface area contributed by atoms with Crippen molar-refractivity contribution in [3.8, 4) is 0 Å². The predicted octanol–water partition coefficient (Wildman–Crippen LogP) is 2.71. The molecule has 3 aromatic rings. The third kappa shape index (κ3) is 4.94. The van der Waals surface area contributed by atoms with Crippen molar-refractivity contribution >= 4 is 28.4 Å². The zero-order chi connectivity index (χ0) is 22.5. The average Bonchev–Trinajstić information content (AvgIpc) is 3.21. The van der Waals surface area contributed by atoms with Crippen molar-refractivity contribution in [3.05, 3.63) is 65.9 Å². The van der Waals surface area contributed by atoms with Gasteiger partial charge in [-0.15, -0.1) is 0 Å². The Morgan fingerprint density at radius 3 is 2.59 bits per heavy atom. The van der Waals surface area contributed by atoms with Gasteiger partial charge in [0.1, 0.15) is 6.04 Å². The molecule has 1 atom stereocenters. The number of nitrogens with zero attached hydrogens (tertiary/aromatic N) is 2. The largest absolute Gasteiger partial charge is 0.378 e. The summed E-state index contributed by atoms with van der Waals surface area (Å²) < 4.78 is 5.48. The molecule has 0 saturated carbocycles. The topological polar surface area (TPSA) is 77.7 Å². The number of carbonyl (C=O) groups excluding carboxylic acids is 2. The monoisotopic (exact) mass is 434 g/mol. The SMILES string of the molecule is CC(=O)N[C@@H](Cc1c[nH]c2ccccc12)C(=O)N(C)Cc1ccccc1N1CCOCC1. The van der Waals surface area contributed by atoms with E-state index in [1.807, 2.05) is 42.6 Å². The maximum absolute atomic E-state index is 13.4. The number of aromatic amines is 1. The van der Waals surface area contributed by atoms with Crippen molar-refractivity contribution in [3.63, 3.8) is 0 Å². The molecule has 1 aliphatic heterocycles. The van der Waals surface area contributed by atoms with Crippen molar-refractivity contribution in [2.45, 2.75) is 25.9 Å². The molecule has 4 rings (SSSR count). The number of para-hydroxylation sites is 2. The molecule has 2 aromatic carbocycles. The highest BCUT2D eigenvalue weighted by Gasteiger charge is 2.25. The number of carbonyl (C=O) groups is 2. The second-order valence-corrected chi connectivity index (χ2v) is 8.24. The molecule has 2 heterocycles. The minimum absolute atomic E-state index is 0.109. The van der Waals surface area contributed by atoms with Gasteiger partial charge in [-0.3, -0.25) is 9.59 Å². The van der Waals surface area contributed by atoms with Gasteiger partial charge in [0.25, 0.3) is 0 Å². The van der Waals surface area contributed by atoms with Crippen LogP contribution in [0.5, 0.6) is 0 Å². The molecule has 2 N–H and O–H groups in total. The van der Waals surface area contributed by atoms with Crippen LogP contribution in [0, 0.1) is 0 Å². The maximum atomic E-state index is 13.4. The standard InChI is InChI=1S/C25H30N4O3/c1-18(30)27-23(15-20-16-26-22-9-5-4-8-21(20)22)25(31)28(2)17-19-7-3-6-10-24(19)29-11-13-32-14-12-29/h3-10,16,23,26H,11-15,17H2,1-2H3,(H,27,30)/t23-/m0/s1. The Labute approximate surface area is 188 Å². The summed E-state index contributed by atoms with van der Waals surface area (Å²) in [5, 5.41) is 3.92. The molecule has 1 aromatic heterocycles. The van der Waals surface area contributed by atoms with Crippen LogP contribution in [-0.4, -0.2) is 61.1 Å². The van der Waals surface area contributed by atoms with Crippen LogP contribution in [0.2, 0.25) is 0 Å². The van der Waals surface area contributed by atoms with Gasteiger partial charge >= 0.3 is 0 Å². The molecule has 0 spiro atoms. The van der Waals surface area contributed by atoms with E-state index in [0.717, 1.165) is 40.8 Å². The van der Waals surface area contributed by atoms with E-state index >= 15 is 0 Å². The lowest BCUT2D eigenvalue weighted by Crippen LogP contribution is -2.47. The van der Waals surface area contributed by atoms with Crippen molar-refractivity contribution in [2.75, 3.05) is 38.3 Å². The van der Waals surface area contributed by atoms with Gasteiger partial charge in [-0.25, -0.2) is 0 Å². The van der Waals surface area contributed by atoms with E-state index in [2.05, 4.69) is 27.3 Å². The van der Waals surface area contributed by atoms with Gasteiger partial charge in [0.15, 0.2) is 0 Å². The summed E-state index contributed by atoms with van der Waals surface area (Å²) in [7, 11) is 1.79. The quantitative estimate of drug-likeness (QED) is 0.600. The van der Waals surface area contributed by atoms with Crippen LogP contribution in [0.4, 0.5) is 5.69 Å². The first-order valence-electron chi connectivity index (χ1n) is 11.0. The van der Waals surface area contributed by atoms with Crippen LogP contribution in [0.1, 0.15) is 18.1 Å². The minimum atomic E-state index is -0.632. The molecule has 0 aliphatic carbocycles. The number of nitrogens with one attached hydrogen (secondary N) is 2. The van der Waals surface area contributed by atoms with Gasteiger partial charge in [-0.05, 0) is 23.3 Å². The van der Waals surface area contributed by atoms with E-state index in [-0.39, 0.29) is 11.8 Å². The van der Waals surface area contributed by atoms with E-state index in [1.54, 1.807) is 11.9 Å². The van der Waals surface area contributed by atoms with Gasteiger partial charge in [0.05, 0.1) is 13.2 Å². The highest BCUT2D eigenvalue weighted by molar-refractivity contribution is 5.89. The van der Waals surface area contributed by atoms with Gasteiger partial charge in [0.2, 0.25) is 11.8 Å². The number of hydrogen-bond acceptors (Lipinski definition) is 4. The van der Waals surface area contributed by atoms with Crippen molar-refractivity contribution < 1.29 is 14.3 Å². The van der Waals surface area contributed by atoms with E-state index in [9.17, 15) is 9.59 Å². The molecule has 0 unspecified atom stereocenters. The summed E-state index contributed by atoms with van der Waals surface area (Å²) in [5.41, 5.74) is 4.24. The number of fused-ring (bicyclic) bond motifs is 1. The fourth-order valence-electron chi connectivity index (χ4n) is 4.32. The Morgan fingerprint density at radius 2 is 1.81 bits per heavy atom. The Hall–Kier alpha value is -3.32. The Balaban J connectivity index is 1.52. The number of amides is 2. The molecule has 2 amide bonds. The van der Waals surface area contributed by atoms with Gasteiger partial charge < -0.3 is 24.8 Å². The zero-order valence-electron chi connectivity index (χ0n) is 18.6. The fourth-order valence-corrected chi connectivity index (χ4v) is 4.32. The summed E-state index contributed by atoms with van der Waals surface area (Å²) in [6.07, 6.45) is 2.35. The summed E-state index contributed by atoms with van der Waals surface area (Å²) in [6, 6.07) is 15.5. The van der Waals surface area contributed by atoms with Crippen molar-refractivity contribution in [1.29, 1.82) is 0 Å². The van der Waals surface area contributed by atoms with E-state index in [1.165, 1.54) is 6.92 Å². The number of anilines is 1. The van der Waals surface area contributed by atoms with Crippen LogP contribution < -0.4 is 10.2 Å². The predicted molar refractivity (Wildman–Crippen MR) is 126 cm³/mol. The lowest BCUT2D eigenvalue weighted by Gasteiger charge is -2.32. The summed E-state index contributed by atoms with van der Waals surface area (Å²) in [5.74, 6) is -0.326. The summed E-state index contributed by atoms with van der Waals surface area (Å²) in [4.78, 5) is 32.5. The van der Waals surface area contributed by atoms with Crippen LogP contribution in [0.3, 0.4) is 0 Å². The van der Waals surface area contributed by atoms with Crippen LogP contribution >= 0.6 is 0 Å². The first-order valence-corrected chi connectivity index (χ1v) is 11.0. The third-order valence-corrected chi connectivity index (χ3v) is 5.90. The number of morpholine rings is 1. The molecule has 168 valence electrons. The molecule has 32 heavy (non-hydrogen) atoms. The van der Waals surface area contributed by atoms with Crippen LogP contribution in [0.25, 0.3) is 10.9 Å². The third-order valence-electron chi connectivity index (χ3n) is 5.90. The Kier molecular flexibility index (Phi) is 6.75. The first kappa shape index (κ1) is 21.9. The molecule has 1 fully saturated rings. The highest BCUT2D eigenvalue weighted by Crippen LogP contribution is 2.24. The van der Waals surface area contributed by atoms with Crippen LogP contribution in [-0.2, 0) is 27.3 Å². The Bertz CT molecular complexity index is 1090. The normalized spacial score (nSPS) is 14.9. The number of hydrogen-bond donors (Lipinski definition) is 2. The molecule has 0 bridgehead atoms. The van der Waals surface area contributed by atoms with E-state index in [4.69, 9.17) is 4.74 Å². The second kappa shape index (κ2) is 9.87. The molecular formula is C25H30N4O3. The number of benzene rings is 2. The maximum Gasteiger partial charge on any atom is 0.245 e. The summed E-state index contributed by atoms with van der Waals surface area (Å²) in [6.45, 7) is 5.00. The fraction of sp³-hybridized carbons (Fsp3) is 0.360. The van der Waals surface area contributed by atoms with E-state index in [0.29, 0.717) is 26.2 Å². The number of likely N-dealkylation sites (N-methyl/N-ethyl adjacent to an activating group) is 1. The molecule has 1 saturated heterocycles. The van der Waals surface area contributed by atoms with Crippen molar-refractivity contribution in [1.82, 2.24) is 15.2 Å². The molecular weight excluding hydrogens is 404 g/mol. The molecule has 1 aliphatic rings. The zero-order valence-corrected chi connectivity index (χ0v) is 18.6. The van der Waals surface area contributed by atoms with Crippen LogP contribution in [0.15, 0.2) is 54.7 Å². The molecule has 0 radical (unpaired) electrons. The molecule has 7 nitrogen and oxygen atoms in total. The molecule has 7 heteroatoms. The van der Waals surface area contributed by atoms with E-state index < -0.39 is 6.04 Å². The Morgan fingerprint density at radius 1 is 1.09 bits per heavy atom. The lowest BCUT2D eigenvalue weighted by atomic mass is 10.0. The first-order chi connectivity index (χ1) is 15.5. The van der Waals surface area contributed by atoms with Gasteiger partial charge in [-0.1, -0.05) is 36.4 Å². The average molecular weight is 435 g/mol.